The largest absolute Gasteiger partial charge is 0.273 e. The number of non-ortho nitro benzene ring substituents is 1. The van der Waals surface area contributed by atoms with Crippen molar-refractivity contribution in [2.24, 2.45) is 5.10 Å². The molecule has 0 atom stereocenters. The molecule has 0 saturated carbocycles. The summed E-state index contributed by atoms with van der Waals surface area (Å²) in [5, 5.41) is 16.6. The van der Waals surface area contributed by atoms with Gasteiger partial charge in [0.15, 0.2) is 0 Å². The molecular formula is C19H15N3O3. The first kappa shape index (κ1) is 16.3. The summed E-state index contributed by atoms with van der Waals surface area (Å²) >= 11 is 0. The van der Waals surface area contributed by atoms with Gasteiger partial charge in [-0.3, -0.25) is 14.9 Å². The van der Waals surface area contributed by atoms with Crippen LogP contribution in [0.5, 0.6) is 0 Å². The quantitative estimate of drug-likeness (QED) is 0.441. The molecule has 1 amide bonds. The van der Waals surface area contributed by atoms with Crippen LogP contribution in [-0.2, 0) is 11.2 Å². The number of fused-ring (bicyclic) bond motifs is 1. The maximum Gasteiger partial charge on any atom is 0.269 e. The Labute approximate surface area is 143 Å². The van der Waals surface area contributed by atoms with Crippen LogP contribution in [0.15, 0.2) is 71.8 Å². The van der Waals surface area contributed by atoms with Crippen molar-refractivity contribution >= 4 is 28.6 Å². The molecule has 6 heteroatoms. The van der Waals surface area contributed by atoms with Gasteiger partial charge in [-0.2, -0.15) is 5.10 Å². The number of nitrogens with one attached hydrogen (secondary N) is 1. The second-order valence-corrected chi connectivity index (χ2v) is 5.46. The van der Waals surface area contributed by atoms with Crippen molar-refractivity contribution in [2.45, 2.75) is 6.42 Å². The van der Waals surface area contributed by atoms with E-state index in [1.807, 2.05) is 42.5 Å². The minimum Gasteiger partial charge on any atom is -0.273 e. The minimum atomic E-state index is -0.465. The fourth-order valence-corrected chi connectivity index (χ4v) is 2.52. The van der Waals surface area contributed by atoms with Crippen LogP contribution in [0.4, 0.5) is 5.69 Å². The molecule has 0 aromatic heterocycles. The zero-order valence-electron chi connectivity index (χ0n) is 13.3. The lowest BCUT2D eigenvalue weighted by molar-refractivity contribution is -0.384. The topological polar surface area (TPSA) is 84.6 Å². The second-order valence-electron chi connectivity index (χ2n) is 5.46. The van der Waals surface area contributed by atoms with Gasteiger partial charge in [0.25, 0.3) is 5.69 Å². The van der Waals surface area contributed by atoms with E-state index in [0.29, 0.717) is 5.56 Å². The summed E-state index contributed by atoms with van der Waals surface area (Å²) in [6, 6.07) is 19.6. The molecule has 0 heterocycles. The van der Waals surface area contributed by atoms with Crippen molar-refractivity contribution in [3.05, 3.63) is 88.0 Å². The molecule has 0 aliphatic carbocycles. The maximum atomic E-state index is 12.1. The molecule has 0 aliphatic heterocycles. The summed E-state index contributed by atoms with van der Waals surface area (Å²) in [7, 11) is 0. The number of carbonyl (C=O) groups is 1. The normalized spacial score (nSPS) is 10.9. The van der Waals surface area contributed by atoms with E-state index < -0.39 is 4.92 Å². The Hall–Kier alpha value is -3.54. The molecule has 6 nitrogen and oxygen atoms in total. The van der Waals surface area contributed by atoms with Crippen LogP contribution in [0.1, 0.15) is 11.1 Å². The number of nitro groups is 1. The number of hydrazone groups is 1. The summed E-state index contributed by atoms with van der Waals surface area (Å²) in [4.78, 5) is 22.2. The number of amides is 1. The Morgan fingerprint density at radius 1 is 1.04 bits per heavy atom. The van der Waals surface area contributed by atoms with Crippen molar-refractivity contribution in [3.63, 3.8) is 0 Å². The molecule has 0 unspecified atom stereocenters. The predicted octanol–water partition coefficient (Wildman–Crippen LogP) is 3.44. The first-order valence-corrected chi connectivity index (χ1v) is 7.66. The molecular weight excluding hydrogens is 318 g/mol. The number of hydrogen-bond acceptors (Lipinski definition) is 4. The van der Waals surface area contributed by atoms with Crippen molar-refractivity contribution in [1.82, 2.24) is 5.43 Å². The minimum absolute atomic E-state index is 0.0112. The van der Waals surface area contributed by atoms with Gasteiger partial charge in [0.1, 0.15) is 0 Å². The summed E-state index contributed by atoms with van der Waals surface area (Å²) < 4.78 is 0. The fraction of sp³-hybridized carbons (Fsp3) is 0.0526. The summed E-state index contributed by atoms with van der Waals surface area (Å²) in [6.45, 7) is 0. The van der Waals surface area contributed by atoms with Crippen LogP contribution in [0.25, 0.3) is 10.8 Å². The lowest BCUT2D eigenvalue weighted by Gasteiger charge is -2.05. The Kier molecular flexibility index (Phi) is 4.80. The Morgan fingerprint density at radius 2 is 1.76 bits per heavy atom. The monoisotopic (exact) mass is 333 g/mol. The van der Waals surface area contributed by atoms with Crippen LogP contribution in [0, 0.1) is 10.1 Å². The van der Waals surface area contributed by atoms with Crippen LogP contribution >= 0.6 is 0 Å². The van der Waals surface area contributed by atoms with Gasteiger partial charge in [-0.15, -0.1) is 0 Å². The fourth-order valence-electron chi connectivity index (χ4n) is 2.52. The number of rotatable bonds is 5. The standard InChI is InChI=1S/C19H15N3O3/c23-19(12-16-6-3-5-15-4-1-2-7-18(15)16)21-20-13-14-8-10-17(11-9-14)22(24)25/h1-11,13H,12H2,(H,21,23). The lowest BCUT2D eigenvalue weighted by Crippen LogP contribution is -2.19. The Morgan fingerprint density at radius 3 is 2.52 bits per heavy atom. The number of hydrogen-bond donors (Lipinski definition) is 1. The van der Waals surface area contributed by atoms with Gasteiger partial charge in [0.2, 0.25) is 5.91 Å². The molecule has 3 rings (SSSR count). The molecule has 0 bridgehead atoms. The van der Waals surface area contributed by atoms with E-state index >= 15 is 0 Å². The molecule has 124 valence electrons. The number of benzene rings is 3. The molecule has 0 fully saturated rings. The third-order valence-corrected chi connectivity index (χ3v) is 3.74. The van der Waals surface area contributed by atoms with E-state index in [1.54, 1.807) is 12.1 Å². The highest BCUT2D eigenvalue weighted by molar-refractivity contribution is 5.90. The van der Waals surface area contributed by atoms with E-state index in [9.17, 15) is 14.9 Å². The maximum absolute atomic E-state index is 12.1. The Balaban J connectivity index is 1.63. The summed E-state index contributed by atoms with van der Waals surface area (Å²) in [5.74, 6) is -0.227. The molecule has 3 aromatic carbocycles. The Bertz CT molecular complexity index is 944. The molecule has 1 N–H and O–H groups in total. The molecule has 3 aromatic rings. The zero-order valence-corrected chi connectivity index (χ0v) is 13.3. The SMILES string of the molecule is O=C(Cc1cccc2ccccc12)NN=Cc1ccc([N+](=O)[O-])cc1. The average Bonchev–Trinajstić information content (AvgIpc) is 2.62. The lowest BCUT2D eigenvalue weighted by atomic mass is 10.0. The van der Waals surface area contributed by atoms with Crippen molar-refractivity contribution in [1.29, 1.82) is 0 Å². The van der Waals surface area contributed by atoms with Gasteiger partial charge >= 0.3 is 0 Å². The molecule has 0 aliphatic rings. The average molecular weight is 333 g/mol. The number of carbonyl (C=O) groups excluding carboxylic acids is 1. The van der Waals surface area contributed by atoms with Crippen LogP contribution in [-0.4, -0.2) is 17.0 Å². The van der Waals surface area contributed by atoms with Gasteiger partial charge < -0.3 is 0 Å². The van der Waals surface area contributed by atoms with Gasteiger partial charge in [-0.05, 0) is 34.0 Å². The summed E-state index contributed by atoms with van der Waals surface area (Å²) in [6.07, 6.45) is 1.67. The zero-order chi connectivity index (χ0) is 17.6. The van der Waals surface area contributed by atoms with E-state index in [1.165, 1.54) is 18.3 Å². The second kappa shape index (κ2) is 7.35. The van der Waals surface area contributed by atoms with Crippen molar-refractivity contribution < 1.29 is 9.72 Å². The van der Waals surface area contributed by atoms with Crippen LogP contribution in [0.2, 0.25) is 0 Å². The molecule has 25 heavy (non-hydrogen) atoms. The van der Waals surface area contributed by atoms with E-state index in [4.69, 9.17) is 0 Å². The highest BCUT2D eigenvalue weighted by Crippen LogP contribution is 2.18. The van der Waals surface area contributed by atoms with Crippen molar-refractivity contribution in [2.75, 3.05) is 0 Å². The number of nitrogens with zero attached hydrogens (tertiary/aromatic N) is 2. The van der Waals surface area contributed by atoms with E-state index in [-0.39, 0.29) is 18.0 Å². The highest BCUT2D eigenvalue weighted by atomic mass is 16.6. The predicted molar refractivity (Wildman–Crippen MR) is 96.5 cm³/mol. The van der Waals surface area contributed by atoms with Gasteiger partial charge in [-0.25, -0.2) is 5.43 Å². The van der Waals surface area contributed by atoms with Crippen molar-refractivity contribution in [3.8, 4) is 0 Å². The van der Waals surface area contributed by atoms with E-state index in [0.717, 1.165) is 16.3 Å². The molecule has 0 spiro atoms. The third kappa shape index (κ3) is 4.06. The third-order valence-electron chi connectivity index (χ3n) is 3.74. The van der Waals surface area contributed by atoms with Gasteiger partial charge in [0, 0.05) is 12.1 Å². The number of nitro benzene ring substituents is 1. The highest BCUT2D eigenvalue weighted by Gasteiger charge is 2.06. The molecule has 0 radical (unpaired) electrons. The summed E-state index contributed by atoms with van der Waals surface area (Å²) in [5.41, 5.74) is 4.08. The van der Waals surface area contributed by atoms with Crippen LogP contribution in [0.3, 0.4) is 0 Å². The van der Waals surface area contributed by atoms with Crippen LogP contribution < -0.4 is 5.43 Å². The first-order chi connectivity index (χ1) is 12.1. The smallest absolute Gasteiger partial charge is 0.269 e. The van der Waals surface area contributed by atoms with Gasteiger partial charge in [-0.1, -0.05) is 42.5 Å². The van der Waals surface area contributed by atoms with Gasteiger partial charge in [0.05, 0.1) is 17.6 Å². The first-order valence-electron chi connectivity index (χ1n) is 7.66. The molecule has 0 saturated heterocycles. The van der Waals surface area contributed by atoms with E-state index in [2.05, 4.69) is 10.5 Å².